The normalized spacial score (nSPS) is 13.5. The zero-order chi connectivity index (χ0) is 16.0. The van der Waals surface area contributed by atoms with Crippen LogP contribution in [0, 0.1) is 5.92 Å². The van der Waals surface area contributed by atoms with E-state index in [1.807, 2.05) is 13.8 Å². The molecule has 0 saturated carbocycles. The third kappa shape index (κ3) is 5.43. The fraction of sp³-hybridized carbons (Fsp3) is 0.467. The Labute approximate surface area is 124 Å². The zero-order valence-corrected chi connectivity index (χ0v) is 12.3. The summed E-state index contributed by atoms with van der Waals surface area (Å²) in [5.74, 6) is -1.92. The van der Waals surface area contributed by atoms with Gasteiger partial charge in [-0.3, -0.25) is 4.79 Å². The molecule has 0 aliphatic heterocycles. The van der Waals surface area contributed by atoms with Crippen LogP contribution in [0.15, 0.2) is 18.2 Å². The van der Waals surface area contributed by atoms with Crippen LogP contribution in [0.25, 0.3) is 0 Å². The van der Waals surface area contributed by atoms with Gasteiger partial charge in [-0.05, 0) is 31.9 Å². The Morgan fingerprint density at radius 2 is 1.95 bits per heavy atom. The van der Waals surface area contributed by atoms with Crippen LogP contribution < -0.4 is 11.1 Å². The Kier molecular flexibility index (Phi) is 6.17. The van der Waals surface area contributed by atoms with Crippen LogP contribution in [0.3, 0.4) is 0 Å². The Bertz CT molecular complexity index is 514. The summed E-state index contributed by atoms with van der Waals surface area (Å²) in [5, 5.41) is 21.0. The molecule has 1 aromatic carbocycles. The van der Waals surface area contributed by atoms with Gasteiger partial charge in [0.1, 0.15) is 11.3 Å². The fourth-order valence-corrected chi connectivity index (χ4v) is 1.93. The predicted octanol–water partition coefficient (Wildman–Crippen LogP) is 2.18. The van der Waals surface area contributed by atoms with E-state index in [1.165, 1.54) is 18.2 Å². The SMILES string of the molecule is CC(N)CCCC(C)C(=O)Nc1ccc(C(=O)O)c(O)c1. The number of hydrogen-bond donors (Lipinski definition) is 4. The van der Waals surface area contributed by atoms with Gasteiger partial charge in [0.15, 0.2) is 0 Å². The summed E-state index contributed by atoms with van der Waals surface area (Å²) >= 11 is 0. The van der Waals surface area contributed by atoms with E-state index in [4.69, 9.17) is 10.8 Å². The quantitative estimate of drug-likeness (QED) is 0.615. The van der Waals surface area contributed by atoms with E-state index in [0.717, 1.165) is 19.3 Å². The van der Waals surface area contributed by atoms with Crippen molar-refractivity contribution in [2.24, 2.45) is 11.7 Å². The van der Waals surface area contributed by atoms with E-state index in [0.29, 0.717) is 5.69 Å². The molecule has 1 rings (SSSR count). The van der Waals surface area contributed by atoms with Crippen molar-refractivity contribution < 1.29 is 19.8 Å². The molecule has 21 heavy (non-hydrogen) atoms. The first-order valence-corrected chi connectivity index (χ1v) is 6.94. The van der Waals surface area contributed by atoms with Crippen LogP contribution in [0.1, 0.15) is 43.5 Å². The molecule has 116 valence electrons. The van der Waals surface area contributed by atoms with Crippen molar-refractivity contribution in [2.75, 3.05) is 5.32 Å². The number of carbonyl (C=O) groups excluding carboxylic acids is 1. The molecule has 0 bridgehead atoms. The van der Waals surface area contributed by atoms with E-state index >= 15 is 0 Å². The second-order valence-corrected chi connectivity index (χ2v) is 5.34. The first-order valence-electron chi connectivity index (χ1n) is 6.94. The Hall–Kier alpha value is -2.08. The van der Waals surface area contributed by atoms with Crippen molar-refractivity contribution in [3.8, 4) is 5.75 Å². The molecule has 2 unspecified atom stereocenters. The van der Waals surface area contributed by atoms with E-state index in [2.05, 4.69) is 5.32 Å². The molecule has 0 aliphatic rings. The van der Waals surface area contributed by atoms with E-state index in [1.54, 1.807) is 0 Å². The smallest absolute Gasteiger partial charge is 0.339 e. The molecule has 0 radical (unpaired) electrons. The molecule has 5 N–H and O–H groups in total. The van der Waals surface area contributed by atoms with E-state index in [-0.39, 0.29) is 29.2 Å². The van der Waals surface area contributed by atoms with Crippen molar-refractivity contribution in [2.45, 2.75) is 39.2 Å². The largest absolute Gasteiger partial charge is 0.507 e. The average Bonchev–Trinajstić information content (AvgIpc) is 2.37. The predicted molar refractivity (Wildman–Crippen MR) is 80.4 cm³/mol. The minimum atomic E-state index is -1.21. The number of anilines is 1. The molecule has 0 spiro atoms. The Balaban J connectivity index is 2.58. The highest BCUT2D eigenvalue weighted by atomic mass is 16.4. The van der Waals surface area contributed by atoms with Crippen LogP contribution in [0.2, 0.25) is 0 Å². The zero-order valence-electron chi connectivity index (χ0n) is 12.3. The first-order chi connectivity index (χ1) is 9.81. The van der Waals surface area contributed by atoms with Gasteiger partial charge in [0, 0.05) is 23.7 Å². The van der Waals surface area contributed by atoms with Gasteiger partial charge >= 0.3 is 5.97 Å². The lowest BCUT2D eigenvalue weighted by atomic mass is 10.0. The van der Waals surface area contributed by atoms with Gasteiger partial charge in [0.05, 0.1) is 0 Å². The van der Waals surface area contributed by atoms with Crippen LogP contribution >= 0.6 is 0 Å². The number of phenols is 1. The molecule has 2 atom stereocenters. The number of hydrogen-bond acceptors (Lipinski definition) is 4. The van der Waals surface area contributed by atoms with Gasteiger partial charge in [0.25, 0.3) is 0 Å². The Morgan fingerprint density at radius 3 is 2.48 bits per heavy atom. The van der Waals surface area contributed by atoms with E-state index < -0.39 is 5.97 Å². The molecular weight excluding hydrogens is 272 g/mol. The lowest BCUT2D eigenvalue weighted by molar-refractivity contribution is -0.119. The third-order valence-corrected chi connectivity index (χ3v) is 3.24. The third-order valence-electron chi connectivity index (χ3n) is 3.24. The van der Waals surface area contributed by atoms with Gasteiger partial charge in [0.2, 0.25) is 5.91 Å². The number of nitrogens with two attached hydrogens (primary N) is 1. The van der Waals surface area contributed by atoms with Gasteiger partial charge in [-0.15, -0.1) is 0 Å². The van der Waals surface area contributed by atoms with Crippen LogP contribution in [0.4, 0.5) is 5.69 Å². The summed E-state index contributed by atoms with van der Waals surface area (Å²) in [6.45, 7) is 3.75. The highest BCUT2D eigenvalue weighted by Crippen LogP contribution is 2.22. The number of aromatic carboxylic acids is 1. The Morgan fingerprint density at radius 1 is 1.29 bits per heavy atom. The van der Waals surface area contributed by atoms with Crippen molar-refractivity contribution in [1.82, 2.24) is 0 Å². The van der Waals surface area contributed by atoms with Crippen LogP contribution in [0.5, 0.6) is 5.75 Å². The van der Waals surface area contributed by atoms with Crippen molar-refractivity contribution in [1.29, 1.82) is 0 Å². The second kappa shape index (κ2) is 7.64. The second-order valence-electron chi connectivity index (χ2n) is 5.34. The molecule has 0 fully saturated rings. The topological polar surface area (TPSA) is 113 Å². The summed E-state index contributed by atoms with van der Waals surface area (Å²) in [5.41, 5.74) is 5.84. The summed E-state index contributed by atoms with van der Waals surface area (Å²) in [4.78, 5) is 22.8. The van der Waals surface area contributed by atoms with E-state index in [9.17, 15) is 14.7 Å². The first kappa shape index (κ1) is 17.0. The molecular formula is C15H22N2O4. The highest BCUT2D eigenvalue weighted by molar-refractivity contribution is 5.95. The molecule has 1 aromatic rings. The average molecular weight is 294 g/mol. The molecule has 0 heterocycles. The van der Waals surface area contributed by atoms with Crippen molar-refractivity contribution >= 4 is 17.6 Å². The van der Waals surface area contributed by atoms with Gasteiger partial charge < -0.3 is 21.3 Å². The van der Waals surface area contributed by atoms with Crippen molar-refractivity contribution in [3.63, 3.8) is 0 Å². The molecule has 1 amide bonds. The maximum atomic E-state index is 12.0. The number of nitrogens with one attached hydrogen (secondary N) is 1. The number of carboxylic acids is 1. The summed E-state index contributed by atoms with van der Waals surface area (Å²) < 4.78 is 0. The number of aromatic hydroxyl groups is 1. The maximum absolute atomic E-state index is 12.0. The lowest BCUT2D eigenvalue weighted by Gasteiger charge is -2.13. The van der Waals surface area contributed by atoms with Gasteiger partial charge in [-0.25, -0.2) is 4.79 Å². The minimum Gasteiger partial charge on any atom is -0.507 e. The standard InChI is InChI=1S/C15H22N2O4/c1-9(4-3-5-10(2)16)14(19)17-11-6-7-12(15(20)21)13(18)8-11/h6-10,18H,3-5,16H2,1-2H3,(H,17,19)(H,20,21). The number of carbonyl (C=O) groups is 2. The molecule has 0 aromatic heterocycles. The molecule has 6 heteroatoms. The fourth-order valence-electron chi connectivity index (χ4n) is 1.93. The lowest BCUT2D eigenvalue weighted by Crippen LogP contribution is -2.21. The van der Waals surface area contributed by atoms with Gasteiger partial charge in [-0.1, -0.05) is 13.3 Å². The summed E-state index contributed by atoms with van der Waals surface area (Å²) in [6.07, 6.45) is 2.47. The minimum absolute atomic E-state index is 0.126. The van der Waals surface area contributed by atoms with Crippen LogP contribution in [-0.2, 0) is 4.79 Å². The number of benzene rings is 1. The maximum Gasteiger partial charge on any atom is 0.339 e. The summed E-state index contributed by atoms with van der Waals surface area (Å²) in [6, 6.07) is 4.07. The van der Waals surface area contributed by atoms with Gasteiger partial charge in [-0.2, -0.15) is 0 Å². The molecule has 6 nitrogen and oxygen atoms in total. The summed E-state index contributed by atoms with van der Waals surface area (Å²) in [7, 11) is 0. The number of amides is 1. The molecule has 0 saturated heterocycles. The number of rotatable bonds is 7. The molecule has 0 aliphatic carbocycles. The monoisotopic (exact) mass is 294 g/mol. The highest BCUT2D eigenvalue weighted by Gasteiger charge is 2.15. The van der Waals surface area contributed by atoms with Crippen LogP contribution in [-0.4, -0.2) is 28.1 Å². The number of carboxylic acid groups (broad SMARTS) is 1. The van der Waals surface area contributed by atoms with Crippen molar-refractivity contribution in [3.05, 3.63) is 23.8 Å².